The summed E-state index contributed by atoms with van der Waals surface area (Å²) >= 11 is 0. The van der Waals surface area contributed by atoms with E-state index in [1.165, 1.54) is 37.0 Å². The van der Waals surface area contributed by atoms with Crippen molar-refractivity contribution in [1.29, 1.82) is 0 Å². The summed E-state index contributed by atoms with van der Waals surface area (Å²) in [6, 6.07) is -0.382. The van der Waals surface area contributed by atoms with Crippen LogP contribution in [-0.2, 0) is 9.59 Å². The van der Waals surface area contributed by atoms with Gasteiger partial charge in [-0.15, -0.1) is 0 Å². The number of aliphatic hydroxyl groups excluding tert-OH is 1. The lowest BCUT2D eigenvalue weighted by Gasteiger charge is -2.14. The predicted molar refractivity (Wildman–Crippen MR) is 93.3 cm³/mol. The molecule has 1 heterocycles. The number of nitrogens with zero attached hydrogens (tertiary/aromatic N) is 1. The van der Waals surface area contributed by atoms with Crippen molar-refractivity contribution in [2.45, 2.75) is 84.6 Å². The zero-order valence-electron chi connectivity index (χ0n) is 15.2. The molecule has 2 atom stereocenters. The standard InChI is InChI=1S/C19H33NO3/c1-5-14(2)12-10-8-6-7-9-11-13-16(21)17-18(22)15(3)20(4)19(17)23/h14-15,22H,5-13H2,1-4H3/t14?,15-/m0/s1. The second kappa shape index (κ2) is 9.74. The first-order chi connectivity index (χ1) is 10.9. The van der Waals surface area contributed by atoms with E-state index in [1.807, 2.05) is 0 Å². The average molecular weight is 323 g/mol. The Morgan fingerprint density at radius 1 is 1.17 bits per heavy atom. The number of aliphatic hydroxyl groups is 1. The van der Waals surface area contributed by atoms with E-state index in [4.69, 9.17) is 0 Å². The lowest BCUT2D eigenvalue weighted by atomic mass is 9.99. The molecule has 4 heteroatoms. The molecule has 1 aliphatic rings. The third kappa shape index (κ3) is 5.67. The molecule has 1 unspecified atom stereocenters. The number of ketones is 1. The van der Waals surface area contributed by atoms with Gasteiger partial charge in [0.1, 0.15) is 11.3 Å². The smallest absolute Gasteiger partial charge is 0.261 e. The minimum atomic E-state index is -0.382. The molecular weight excluding hydrogens is 290 g/mol. The van der Waals surface area contributed by atoms with E-state index >= 15 is 0 Å². The predicted octanol–water partition coefficient (Wildman–Crippen LogP) is 4.40. The number of likely N-dealkylation sites (N-methyl/N-ethyl adjacent to an activating group) is 1. The number of hydrogen-bond acceptors (Lipinski definition) is 3. The topological polar surface area (TPSA) is 57.6 Å². The maximum absolute atomic E-state index is 12.1. The molecule has 0 radical (unpaired) electrons. The minimum Gasteiger partial charge on any atom is -0.509 e. The molecule has 1 amide bonds. The molecule has 0 saturated heterocycles. The van der Waals surface area contributed by atoms with Gasteiger partial charge in [-0.2, -0.15) is 0 Å². The van der Waals surface area contributed by atoms with E-state index in [9.17, 15) is 14.7 Å². The van der Waals surface area contributed by atoms with Gasteiger partial charge in [-0.1, -0.05) is 58.8 Å². The summed E-state index contributed by atoms with van der Waals surface area (Å²) in [5.74, 6) is 0.219. The molecule has 0 aliphatic carbocycles. The number of carbonyl (C=O) groups excluding carboxylic acids is 2. The normalized spacial score (nSPS) is 19.6. The van der Waals surface area contributed by atoms with Crippen LogP contribution in [-0.4, -0.2) is 34.8 Å². The van der Waals surface area contributed by atoms with E-state index in [0.717, 1.165) is 25.2 Å². The first kappa shape index (κ1) is 19.7. The van der Waals surface area contributed by atoms with Gasteiger partial charge in [0.2, 0.25) is 0 Å². The van der Waals surface area contributed by atoms with Gasteiger partial charge in [-0.3, -0.25) is 9.59 Å². The van der Waals surface area contributed by atoms with Crippen molar-refractivity contribution in [3.8, 4) is 0 Å². The van der Waals surface area contributed by atoms with E-state index < -0.39 is 0 Å². The van der Waals surface area contributed by atoms with Gasteiger partial charge < -0.3 is 10.0 Å². The maximum atomic E-state index is 12.1. The van der Waals surface area contributed by atoms with Crippen molar-refractivity contribution in [3.05, 3.63) is 11.3 Å². The first-order valence-corrected chi connectivity index (χ1v) is 9.13. The van der Waals surface area contributed by atoms with Crippen LogP contribution in [0, 0.1) is 5.92 Å². The van der Waals surface area contributed by atoms with Crippen LogP contribution in [0.4, 0.5) is 0 Å². The highest BCUT2D eigenvalue weighted by Gasteiger charge is 2.37. The summed E-state index contributed by atoms with van der Waals surface area (Å²) in [6.45, 7) is 6.27. The second-order valence-electron chi connectivity index (χ2n) is 6.95. The first-order valence-electron chi connectivity index (χ1n) is 9.13. The van der Waals surface area contributed by atoms with Gasteiger partial charge in [-0.25, -0.2) is 0 Å². The number of rotatable bonds is 11. The molecule has 0 fully saturated rings. The van der Waals surface area contributed by atoms with E-state index in [2.05, 4.69) is 13.8 Å². The van der Waals surface area contributed by atoms with Crippen LogP contribution in [0.3, 0.4) is 0 Å². The highest BCUT2D eigenvalue weighted by atomic mass is 16.3. The number of hydrogen-bond donors (Lipinski definition) is 1. The molecule has 0 aromatic rings. The molecule has 132 valence electrons. The fourth-order valence-electron chi connectivity index (χ4n) is 2.93. The van der Waals surface area contributed by atoms with Crippen molar-refractivity contribution >= 4 is 11.7 Å². The monoisotopic (exact) mass is 323 g/mol. The van der Waals surface area contributed by atoms with Crippen molar-refractivity contribution in [3.63, 3.8) is 0 Å². The van der Waals surface area contributed by atoms with Crippen LogP contribution in [0.1, 0.15) is 78.6 Å². The van der Waals surface area contributed by atoms with Gasteiger partial charge in [0.05, 0.1) is 6.04 Å². The van der Waals surface area contributed by atoms with Crippen LogP contribution >= 0.6 is 0 Å². The van der Waals surface area contributed by atoms with Gasteiger partial charge in [0.15, 0.2) is 5.78 Å². The van der Waals surface area contributed by atoms with Crippen LogP contribution < -0.4 is 0 Å². The zero-order chi connectivity index (χ0) is 17.4. The highest BCUT2D eigenvalue weighted by Crippen LogP contribution is 2.24. The highest BCUT2D eigenvalue weighted by molar-refractivity contribution is 6.21. The summed E-state index contributed by atoms with van der Waals surface area (Å²) in [4.78, 5) is 25.5. The largest absolute Gasteiger partial charge is 0.509 e. The lowest BCUT2D eigenvalue weighted by Crippen LogP contribution is -2.30. The maximum Gasteiger partial charge on any atom is 0.261 e. The Balaban J connectivity index is 2.17. The molecule has 1 rings (SSSR count). The van der Waals surface area contributed by atoms with Crippen molar-refractivity contribution in [2.24, 2.45) is 5.92 Å². The number of carbonyl (C=O) groups is 2. The Kier molecular flexibility index (Phi) is 8.35. The Labute approximate surface area is 140 Å². The van der Waals surface area contributed by atoms with Gasteiger partial charge in [-0.05, 0) is 19.3 Å². The molecule has 0 spiro atoms. The molecule has 23 heavy (non-hydrogen) atoms. The molecular formula is C19H33NO3. The SMILES string of the molecule is CCC(C)CCCCCCCCC(=O)C1=C(O)[C@H](C)N(C)C1=O. The van der Waals surface area contributed by atoms with Crippen molar-refractivity contribution in [2.75, 3.05) is 7.05 Å². The fraction of sp³-hybridized carbons (Fsp3) is 0.789. The van der Waals surface area contributed by atoms with E-state index in [1.54, 1.807) is 14.0 Å². The number of amides is 1. The Morgan fingerprint density at radius 2 is 1.74 bits per heavy atom. The summed E-state index contributed by atoms with van der Waals surface area (Å²) in [5, 5.41) is 9.93. The lowest BCUT2D eigenvalue weighted by molar-refractivity contribution is -0.128. The number of Topliss-reactive ketones (excluding diaryl/α,β-unsaturated/α-hetero) is 1. The van der Waals surface area contributed by atoms with Gasteiger partial charge in [0.25, 0.3) is 5.91 Å². The van der Waals surface area contributed by atoms with Gasteiger partial charge >= 0.3 is 0 Å². The van der Waals surface area contributed by atoms with Crippen molar-refractivity contribution < 1.29 is 14.7 Å². The summed E-state index contributed by atoms with van der Waals surface area (Å²) in [6.07, 6.45) is 9.68. The Hall–Kier alpha value is -1.32. The zero-order valence-corrected chi connectivity index (χ0v) is 15.2. The molecule has 0 aromatic heterocycles. The molecule has 0 saturated carbocycles. The van der Waals surface area contributed by atoms with Crippen LogP contribution in [0.25, 0.3) is 0 Å². The Morgan fingerprint density at radius 3 is 2.26 bits per heavy atom. The van der Waals surface area contributed by atoms with Gasteiger partial charge in [0, 0.05) is 13.5 Å². The second-order valence-corrected chi connectivity index (χ2v) is 6.95. The number of unbranched alkanes of at least 4 members (excludes halogenated alkanes) is 5. The fourth-order valence-corrected chi connectivity index (χ4v) is 2.93. The molecule has 0 bridgehead atoms. The van der Waals surface area contributed by atoms with E-state index in [-0.39, 0.29) is 29.1 Å². The molecule has 0 aromatic carbocycles. The van der Waals surface area contributed by atoms with Crippen LogP contribution in [0.2, 0.25) is 0 Å². The third-order valence-electron chi connectivity index (χ3n) is 5.09. The molecule has 4 nitrogen and oxygen atoms in total. The molecule has 1 aliphatic heterocycles. The summed E-state index contributed by atoms with van der Waals surface area (Å²) in [7, 11) is 1.61. The third-order valence-corrected chi connectivity index (χ3v) is 5.09. The summed E-state index contributed by atoms with van der Waals surface area (Å²) in [5.41, 5.74) is 0.00792. The average Bonchev–Trinajstić information content (AvgIpc) is 2.73. The quantitative estimate of drug-likeness (QED) is 0.453. The Bertz CT molecular complexity index is 442. The van der Waals surface area contributed by atoms with Crippen LogP contribution in [0.5, 0.6) is 0 Å². The minimum absolute atomic E-state index is 0.00792. The van der Waals surface area contributed by atoms with E-state index in [0.29, 0.717) is 6.42 Å². The van der Waals surface area contributed by atoms with Crippen molar-refractivity contribution in [1.82, 2.24) is 4.90 Å². The molecule has 1 N–H and O–H groups in total. The summed E-state index contributed by atoms with van der Waals surface area (Å²) < 4.78 is 0. The van der Waals surface area contributed by atoms with Crippen LogP contribution in [0.15, 0.2) is 11.3 Å².